The topological polar surface area (TPSA) is 9.23 Å². The third-order valence-corrected chi connectivity index (χ3v) is 3.87. The minimum Gasteiger partial charge on any atom is -0.497 e. The van der Waals surface area contributed by atoms with Crippen molar-refractivity contribution < 1.29 is 4.74 Å². The average Bonchev–Trinajstić information content (AvgIpc) is 2.53. The standard InChI is InChI=1S/C19H18O/c1-14(16-8-5-9-19(13-16)20-2)17-11-10-15-6-3-4-7-18(15)12-17/h3-14H,1-2H3/t14-/m0/s1. The molecule has 0 aliphatic heterocycles. The SMILES string of the molecule is COc1cccc([C@H](C)c2ccc3ccccc3c2)c1. The lowest BCUT2D eigenvalue weighted by molar-refractivity contribution is 0.414. The first-order chi connectivity index (χ1) is 9.78. The van der Waals surface area contributed by atoms with E-state index in [1.54, 1.807) is 7.11 Å². The highest BCUT2D eigenvalue weighted by molar-refractivity contribution is 5.83. The molecule has 0 unspecified atom stereocenters. The van der Waals surface area contributed by atoms with E-state index in [2.05, 4.69) is 61.5 Å². The molecule has 0 N–H and O–H groups in total. The predicted octanol–water partition coefficient (Wildman–Crippen LogP) is 5.00. The van der Waals surface area contributed by atoms with Crippen LogP contribution in [0.3, 0.4) is 0 Å². The molecular weight excluding hydrogens is 244 g/mol. The fourth-order valence-electron chi connectivity index (χ4n) is 2.58. The smallest absolute Gasteiger partial charge is 0.119 e. The molecule has 1 atom stereocenters. The Morgan fingerprint density at radius 2 is 1.50 bits per heavy atom. The molecule has 3 aromatic rings. The number of hydrogen-bond donors (Lipinski definition) is 0. The summed E-state index contributed by atoms with van der Waals surface area (Å²) in [6.07, 6.45) is 0. The zero-order valence-electron chi connectivity index (χ0n) is 11.8. The van der Waals surface area contributed by atoms with Crippen LogP contribution in [0.1, 0.15) is 24.0 Å². The number of benzene rings is 3. The first-order valence-electron chi connectivity index (χ1n) is 6.90. The van der Waals surface area contributed by atoms with E-state index in [0.29, 0.717) is 5.92 Å². The van der Waals surface area contributed by atoms with E-state index in [0.717, 1.165) is 5.75 Å². The van der Waals surface area contributed by atoms with Crippen LogP contribution in [0.2, 0.25) is 0 Å². The molecule has 0 fully saturated rings. The summed E-state index contributed by atoms with van der Waals surface area (Å²) >= 11 is 0. The summed E-state index contributed by atoms with van der Waals surface area (Å²) in [5, 5.41) is 2.58. The molecule has 0 spiro atoms. The van der Waals surface area contributed by atoms with Gasteiger partial charge in [0.25, 0.3) is 0 Å². The van der Waals surface area contributed by atoms with Crippen molar-refractivity contribution in [3.63, 3.8) is 0 Å². The molecule has 0 aliphatic carbocycles. The van der Waals surface area contributed by atoms with E-state index in [1.165, 1.54) is 21.9 Å². The number of fused-ring (bicyclic) bond motifs is 1. The molecule has 1 heteroatoms. The second kappa shape index (κ2) is 5.38. The van der Waals surface area contributed by atoms with Crippen molar-refractivity contribution in [2.45, 2.75) is 12.8 Å². The minimum atomic E-state index is 0.356. The molecule has 0 bridgehead atoms. The van der Waals surface area contributed by atoms with Gasteiger partial charge < -0.3 is 4.74 Å². The van der Waals surface area contributed by atoms with Gasteiger partial charge in [-0.2, -0.15) is 0 Å². The van der Waals surface area contributed by atoms with E-state index in [1.807, 2.05) is 12.1 Å². The highest BCUT2D eigenvalue weighted by Crippen LogP contribution is 2.28. The Labute approximate surface area is 119 Å². The van der Waals surface area contributed by atoms with Gasteiger partial charge in [0.1, 0.15) is 5.75 Å². The van der Waals surface area contributed by atoms with Crippen molar-refractivity contribution in [1.29, 1.82) is 0 Å². The Morgan fingerprint density at radius 3 is 2.30 bits per heavy atom. The van der Waals surface area contributed by atoms with Gasteiger partial charge in [-0.15, -0.1) is 0 Å². The largest absolute Gasteiger partial charge is 0.497 e. The lowest BCUT2D eigenvalue weighted by Gasteiger charge is -2.14. The van der Waals surface area contributed by atoms with Crippen molar-refractivity contribution in [2.75, 3.05) is 7.11 Å². The minimum absolute atomic E-state index is 0.356. The zero-order valence-corrected chi connectivity index (χ0v) is 11.8. The van der Waals surface area contributed by atoms with Gasteiger partial charge in [-0.1, -0.05) is 61.5 Å². The van der Waals surface area contributed by atoms with E-state index in [9.17, 15) is 0 Å². The van der Waals surface area contributed by atoms with Crippen LogP contribution >= 0.6 is 0 Å². The second-order valence-corrected chi connectivity index (χ2v) is 5.10. The summed E-state index contributed by atoms with van der Waals surface area (Å²) in [7, 11) is 1.71. The molecule has 0 saturated heterocycles. The van der Waals surface area contributed by atoms with Crippen LogP contribution in [-0.2, 0) is 0 Å². The molecule has 3 rings (SSSR count). The maximum atomic E-state index is 5.31. The molecule has 1 nitrogen and oxygen atoms in total. The van der Waals surface area contributed by atoms with Crippen LogP contribution < -0.4 is 4.74 Å². The van der Waals surface area contributed by atoms with Crippen LogP contribution in [0, 0.1) is 0 Å². The van der Waals surface area contributed by atoms with Gasteiger partial charge in [-0.3, -0.25) is 0 Å². The molecule has 0 aromatic heterocycles. The maximum Gasteiger partial charge on any atom is 0.119 e. The maximum absolute atomic E-state index is 5.31. The van der Waals surface area contributed by atoms with Crippen molar-refractivity contribution >= 4 is 10.8 Å². The van der Waals surface area contributed by atoms with Gasteiger partial charge in [0.15, 0.2) is 0 Å². The Hall–Kier alpha value is -2.28. The van der Waals surface area contributed by atoms with Crippen molar-refractivity contribution in [1.82, 2.24) is 0 Å². The number of rotatable bonds is 3. The average molecular weight is 262 g/mol. The van der Waals surface area contributed by atoms with Crippen molar-refractivity contribution in [3.8, 4) is 5.75 Å². The Kier molecular flexibility index (Phi) is 3.42. The van der Waals surface area contributed by atoms with Crippen LogP contribution in [-0.4, -0.2) is 7.11 Å². The molecule has 100 valence electrons. The summed E-state index contributed by atoms with van der Waals surface area (Å²) in [6, 6.07) is 23.5. The third-order valence-electron chi connectivity index (χ3n) is 3.87. The first-order valence-corrected chi connectivity index (χ1v) is 6.90. The Balaban J connectivity index is 2.00. The number of methoxy groups -OCH3 is 1. The summed E-state index contributed by atoms with van der Waals surface area (Å²) in [5.41, 5.74) is 2.61. The van der Waals surface area contributed by atoms with Gasteiger partial charge >= 0.3 is 0 Å². The lowest BCUT2D eigenvalue weighted by atomic mass is 9.91. The molecule has 0 aliphatic rings. The van der Waals surface area contributed by atoms with Gasteiger partial charge in [0.05, 0.1) is 7.11 Å². The summed E-state index contributed by atoms with van der Waals surface area (Å²) in [5.74, 6) is 1.27. The molecule has 0 radical (unpaired) electrons. The zero-order chi connectivity index (χ0) is 13.9. The van der Waals surface area contributed by atoms with Crippen LogP contribution in [0.15, 0.2) is 66.7 Å². The summed E-state index contributed by atoms with van der Waals surface area (Å²) < 4.78 is 5.31. The molecular formula is C19H18O. The summed E-state index contributed by atoms with van der Waals surface area (Å²) in [6.45, 7) is 2.24. The van der Waals surface area contributed by atoms with Crippen LogP contribution in [0.4, 0.5) is 0 Å². The van der Waals surface area contributed by atoms with Crippen LogP contribution in [0.25, 0.3) is 10.8 Å². The molecule has 3 aromatic carbocycles. The quantitative estimate of drug-likeness (QED) is 0.645. The Morgan fingerprint density at radius 1 is 0.750 bits per heavy atom. The third kappa shape index (κ3) is 2.39. The van der Waals surface area contributed by atoms with Gasteiger partial charge in [0.2, 0.25) is 0 Å². The van der Waals surface area contributed by atoms with Crippen LogP contribution in [0.5, 0.6) is 5.75 Å². The number of hydrogen-bond acceptors (Lipinski definition) is 1. The van der Waals surface area contributed by atoms with E-state index >= 15 is 0 Å². The first kappa shape index (κ1) is 12.7. The molecule has 0 saturated carbocycles. The highest BCUT2D eigenvalue weighted by Gasteiger charge is 2.09. The Bertz CT molecular complexity index is 730. The molecule has 20 heavy (non-hydrogen) atoms. The fraction of sp³-hybridized carbons (Fsp3) is 0.158. The van der Waals surface area contributed by atoms with Crippen molar-refractivity contribution in [3.05, 3.63) is 77.9 Å². The fourth-order valence-corrected chi connectivity index (χ4v) is 2.58. The van der Waals surface area contributed by atoms with Gasteiger partial charge in [-0.25, -0.2) is 0 Å². The predicted molar refractivity (Wildman–Crippen MR) is 84.5 cm³/mol. The number of ether oxygens (including phenoxy) is 1. The molecule has 0 heterocycles. The highest BCUT2D eigenvalue weighted by atomic mass is 16.5. The van der Waals surface area contributed by atoms with E-state index in [4.69, 9.17) is 4.74 Å². The second-order valence-electron chi connectivity index (χ2n) is 5.10. The lowest BCUT2D eigenvalue weighted by Crippen LogP contribution is -1.96. The van der Waals surface area contributed by atoms with E-state index in [-0.39, 0.29) is 0 Å². The summed E-state index contributed by atoms with van der Waals surface area (Å²) in [4.78, 5) is 0. The monoisotopic (exact) mass is 262 g/mol. The van der Waals surface area contributed by atoms with Gasteiger partial charge in [-0.05, 0) is 34.0 Å². The normalized spacial score (nSPS) is 12.3. The van der Waals surface area contributed by atoms with Gasteiger partial charge in [0, 0.05) is 5.92 Å². The van der Waals surface area contributed by atoms with Crippen molar-refractivity contribution in [2.24, 2.45) is 0 Å². The molecule has 0 amide bonds. The van der Waals surface area contributed by atoms with E-state index < -0.39 is 0 Å².